The van der Waals surface area contributed by atoms with Gasteiger partial charge in [0.1, 0.15) is 6.04 Å². The number of carbonyl (C=O) groups is 2. The largest absolute Gasteiger partial charge is 0.480 e. The molecule has 0 saturated carbocycles. The number of aliphatic hydroxyl groups is 1. The molecule has 0 bridgehead atoms. The molecular formula is C12H12BrClN2O4. The van der Waals surface area contributed by atoms with Crippen molar-refractivity contribution < 1.29 is 19.8 Å². The van der Waals surface area contributed by atoms with E-state index >= 15 is 0 Å². The number of anilines is 1. The molecule has 8 heteroatoms. The van der Waals surface area contributed by atoms with Crippen LogP contribution < -0.4 is 5.32 Å². The molecule has 1 aliphatic heterocycles. The maximum atomic E-state index is 12.1. The quantitative estimate of drug-likeness (QED) is 0.751. The molecule has 108 valence electrons. The Kier molecular flexibility index (Phi) is 4.52. The number of benzene rings is 1. The van der Waals surface area contributed by atoms with Gasteiger partial charge in [-0.05, 0) is 34.1 Å². The standard InChI is InChI=1S/C12H12BrClN2O4/c13-8-3-6(14)1-2-9(8)15-12(20)16-5-7(17)4-10(16)11(18)19/h1-3,7,10,17H,4-5H2,(H,15,20)(H,18,19). The number of rotatable bonds is 2. The number of nitrogens with zero attached hydrogens (tertiary/aromatic N) is 1. The molecule has 2 atom stereocenters. The van der Waals surface area contributed by atoms with Crippen molar-refractivity contribution in [3.05, 3.63) is 27.7 Å². The molecule has 2 amide bonds. The highest BCUT2D eigenvalue weighted by Crippen LogP contribution is 2.27. The van der Waals surface area contributed by atoms with Gasteiger partial charge in [-0.1, -0.05) is 11.6 Å². The van der Waals surface area contributed by atoms with Crippen molar-refractivity contribution in [1.82, 2.24) is 4.90 Å². The number of carboxylic acids is 1. The SMILES string of the molecule is O=C(O)C1CC(O)CN1C(=O)Nc1ccc(Cl)cc1Br. The Hall–Kier alpha value is -1.31. The van der Waals surface area contributed by atoms with E-state index in [1.807, 2.05) is 0 Å². The predicted molar refractivity (Wildman–Crippen MR) is 76.9 cm³/mol. The number of hydrogen-bond acceptors (Lipinski definition) is 3. The molecule has 1 aromatic carbocycles. The molecule has 0 radical (unpaired) electrons. The van der Waals surface area contributed by atoms with E-state index in [2.05, 4.69) is 21.2 Å². The van der Waals surface area contributed by atoms with Crippen LogP contribution >= 0.6 is 27.5 Å². The average molecular weight is 364 g/mol. The van der Waals surface area contributed by atoms with Crippen LogP contribution in [0.15, 0.2) is 22.7 Å². The summed E-state index contributed by atoms with van der Waals surface area (Å²) in [5.41, 5.74) is 0.477. The number of likely N-dealkylation sites (tertiary alicyclic amines) is 1. The monoisotopic (exact) mass is 362 g/mol. The highest BCUT2D eigenvalue weighted by Gasteiger charge is 2.39. The minimum atomic E-state index is -1.13. The lowest BCUT2D eigenvalue weighted by molar-refractivity contribution is -0.141. The number of nitrogens with one attached hydrogen (secondary N) is 1. The lowest BCUT2D eigenvalue weighted by atomic mass is 10.2. The minimum absolute atomic E-state index is 0.00594. The minimum Gasteiger partial charge on any atom is -0.480 e. The zero-order valence-corrected chi connectivity index (χ0v) is 12.6. The molecule has 3 N–H and O–H groups in total. The van der Waals surface area contributed by atoms with E-state index in [1.54, 1.807) is 18.2 Å². The number of hydrogen-bond donors (Lipinski definition) is 3. The van der Waals surface area contributed by atoms with Crippen molar-refractivity contribution in [2.75, 3.05) is 11.9 Å². The third-order valence-electron chi connectivity index (χ3n) is 3.00. The van der Waals surface area contributed by atoms with E-state index in [9.17, 15) is 14.7 Å². The topological polar surface area (TPSA) is 89.9 Å². The van der Waals surface area contributed by atoms with Crippen LogP contribution in [0.25, 0.3) is 0 Å². The summed E-state index contributed by atoms with van der Waals surface area (Å²) in [6.07, 6.45) is -0.791. The van der Waals surface area contributed by atoms with Gasteiger partial charge in [0.25, 0.3) is 0 Å². The Labute approximate surface area is 128 Å². The van der Waals surface area contributed by atoms with Crippen LogP contribution in [-0.2, 0) is 4.79 Å². The van der Waals surface area contributed by atoms with Gasteiger partial charge in [0.15, 0.2) is 0 Å². The Balaban J connectivity index is 2.13. The third-order valence-corrected chi connectivity index (χ3v) is 3.89. The van der Waals surface area contributed by atoms with Gasteiger partial charge in [-0.15, -0.1) is 0 Å². The number of β-amino-alcohol motifs (C(OH)–C–C–N with tert-alkyl or cyclic N) is 1. The first-order chi connectivity index (χ1) is 9.38. The van der Waals surface area contributed by atoms with Gasteiger partial charge in [0, 0.05) is 22.5 Å². The Morgan fingerprint density at radius 3 is 2.75 bits per heavy atom. The fourth-order valence-electron chi connectivity index (χ4n) is 2.05. The molecule has 0 spiro atoms. The van der Waals surface area contributed by atoms with E-state index < -0.39 is 24.1 Å². The van der Waals surface area contributed by atoms with E-state index in [0.717, 1.165) is 4.90 Å². The van der Waals surface area contributed by atoms with E-state index in [1.165, 1.54) is 0 Å². The van der Waals surface area contributed by atoms with Crippen molar-refractivity contribution in [2.45, 2.75) is 18.6 Å². The highest BCUT2D eigenvalue weighted by atomic mass is 79.9. The summed E-state index contributed by atoms with van der Waals surface area (Å²) in [5.74, 6) is -1.13. The van der Waals surface area contributed by atoms with Crippen LogP contribution in [0.4, 0.5) is 10.5 Å². The van der Waals surface area contributed by atoms with E-state index in [0.29, 0.717) is 15.2 Å². The lowest BCUT2D eigenvalue weighted by Gasteiger charge is -2.22. The van der Waals surface area contributed by atoms with Crippen LogP contribution in [0.3, 0.4) is 0 Å². The number of carbonyl (C=O) groups excluding carboxylic acids is 1. The van der Waals surface area contributed by atoms with Gasteiger partial charge >= 0.3 is 12.0 Å². The van der Waals surface area contributed by atoms with Gasteiger partial charge in [-0.25, -0.2) is 9.59 Å². The van der Waals surface area contributed by atoms with Gasteiger partial charge in [0.05, 0.1) is 11.8 Å². The summed E-state index contributed by atoms with van der Waals surface area (Å²) in [5, 5.41) is 21.7. The van der Waals surface area contributed by atoms with E-state index in [4.69, 9.17) is 16.7 Å². The summed E-state index contributed by atoms with van der Waals surface area (Å²) < 4.78 is 0.588. The normalized spacial score (nSPS) is 21.9. The van der Waals surface area contributed by atoms with Gasteiger partial charge < -0.3 is 20.4 Å². The second-order valence-electron chi connectivity index (χ2n) is 4.45. The Morgan fingerprint density at radius 2 is 2.15 bits per heavy atom. The maximum Gasteiger partial charge on any atom is 0.326 e. The number of carboxylic acid groups (broad SMARTS) is 1. The summed E-state index contributed by atoms with van der Waals surface area (Å²) in [4.78, 5) is 24.3. The molecule has 2 unspecified atom stereocenters. The average Bonchev–Trinajstić information content (AvgIpc) is 2.75. The first-order valence-corrected chi connectivity index (χ1v) is 6.99. The molecule has 1 fully saturated rings. The predicted octanol–water partition coefficient (Wildman–Crippen LogP) is 2.15. The van der Waals surface area contributed by atoms with Gasteiger partial charge in [0.2, 0.25) is 0 Å². The fourth-order valence-corrected chi connectivity index (χ4v) is 2.83. The summed E-state index contributed by atoms with van der Waals surface area (Å²) in [6, 6.07) is 3.24. The first kappa shape index (κ1) is 15.1. The van der Waals surface area contributed by atoms with Gasteiger partial charge in [-0.2, -0.15) is 0 Å². The van der Waals surface area contributed by atoms with E-state index in [-0.39, 0.29) is 13.0 Å². The number of amides is 2. The lowest BCUT2D eigenvalue weighted by Crippen LogP contribution is -2.43. The Bertz CT molecular complexity index is 554. The van der Waals surface area contributed by atoms with Crippen molar-refractivity contribution in [3.8, 4) is 0 Å². The summed E-state index contributed by atoms with van der Waals surface area (Å²) >= 11 is 9.06. The summed E-state index contributed by atoms with van der Waals surface area (Å²) in [6.45, 7) is -0.00594. The van der Waals surface area contributed by atoms with Crippen molar-refractivity contribution in [2.24, 2.45) is 0 Å². The second-order valence-corrected chi connectivity index (χ2v) is 5.74. The summed E-state index contributed by atoms with van der Waals surface area (Å²) in [7, 11) is 0. The zero-order chi connectivity index (χ0) is 14.9. The zero-order valence-electron chi connectivity index (χ0n) is 10.2. The van der Waals surface area contributed by atoms with Crippen LogP contribution in [-0.4, -0.2) is 45.8 Å². The number of aliphatic carboxylic acids is 1. The number of urea groups is 1. The highest BCUT2D eigenvalue weighted by molar-refractivity contribution is 9.10. The molecule has 1 heterocycles. The molecule has 1 saturated heterocycles. The maximum absolute atomic E-state index is 12.1. The Morgan fingerprint density at radius 1 is 1.45 bits per heavy atom. The first-order valence-electron chi connectivity index (χ1n) is 5.82. The van der Waals surface area contributed by atoms with Crippen LogP contribution in [0.2, 0.25) is 5.02 Å². The van der Waals surface area contributed by atoms with Crippen molar-refractivity contribution in [3.63, 3.8) is 0 Å². The molecule has 1 aliphatic rings. The van der Waals surface area contributed by atoms with Gasteiger partial charge in [-0.3, -0.25) is 0 Å². The molecule has 20 heavy (non-hydrogen) atoms. The number of aliphatic hydroxyl groups excluding tert-OH is 1. The number of halogens is 2. The third kappa shape index (κ3) is 3.23. The molecule has 6 nitrogen and oxygen atoms in total. The fraction of sp³-hybridized carbons (Fsp3) is 0.333. The van der Waals surface area contributed by atoms with Crippen LogP contribution in [0, 0.1) is 0 Å². The smallest absolute Gasteiger partial charge is 0.326 e. The second kappa shape index (κ2) is 5.99. The van der Waals surface area contributed by atoms with Crippen LogP contribution in [0.1, 0.15) is 6.42 Å². The molecule has 2 rings (SSSR count). The van der Waals surface area contributed by atoms with Crippen LogP contribution in [0.5, 0.6) is 0 Å². The van der Waals surface area contributed by atoms with Crippen molar-refractivity contribution in [1.29, 1.82) is 0 Å². The molecular weight excluding hydrogens is 351 g/mol. The van der Waals surface area contributed by atoms with Crippen molar-refractivity contribution >= 4 is 45.2 Å². The molecule has 1 aromatic rings. The molecule has 0 aliphatic carbocycles. The molecule has 0 aromatic heterocycles.